The topological polar surface area (TPSA) is 66.6 Å². The molecule has 0 spiro atoms. The minimum absolute atomic E-state index is 0.213. The quantitative estimate of drug-likeness (QED) is 0.508. The molecule has 0 amide bonds. The van der Waals surface area contributed by atoms with Crippen molar-refractivity contribution in [2.75, 3.05) is 13.1 Å². The normalized spacial score (nSPS) is 11.5. The summed E-state index contributed by atoms with van der Waals surface area (Å²) >= 11 is 0. The number of carbonyl (C=O) groups is 1. The van der Waals surface area contributed by atoms with Crippen LogP contribution in [-0.2, 0) is 4.79 Å². The van der Waals surface area contributed by atoms with Crippen molar-refractivity contribution >= 4 is 5.97 Å². The van der Waals surface area contributed by atoms with Gasteiger partial charge in [-0.2, -0.15) is 0 Å². The van der Waals surface area contributed by atoms with Crippen LogP contribution in [0.15, 0.2) is 12.7 Å². The molecule has 0 rings (SSSR count). The van der Waals surface area contributed by atoms with Gasteiger partial charge in [-0.15, -0.1) is 0 Å². The van der Waals surface area contributed by atoms with E-state index in [4.69, 9.17) is 10.8 Å². The molecule has 0 aromatic rings. The molecule has 0 aliphatic heterocycles. The highest BCUT2D eigenvalue weighted by atomic mass is 16.4. The van der Waals surface area contributed by atoms with Crippen LogP contribution in [0.25, 0.3) is 0 Å². The number of aliphatic carboxylic acids is 1. The lowest BCUT2D eigenvalue weighted by Gasteiger charge is -2.21. The summed E-state index contributed by atoms with van der Waals surface area (Å²) in [7, 11) is 0. The Morgan fingerprint density at radius 3 is 1.92 bits per heavy atom. The number of hydrogen-bond acceptors (Lipinski definition) is 3. The van der Waals surface area contributed by atoms with E-state index in [1.54, 1.807) is 0 Å². The zero-order valence-electron chi connectivity index (χ0n) is 8.66. The van der Waals surface area contributed by atoms with Crippen LogP contribution in [0.3, 0.4) is 0 Å². The smallest absolute Gasteiger partial charge is 0.327 e. The van der Waals surface area contributed by atoms with Gasteiger partial charge in [0.25, 0.3) is 0 Å². The molecule has 1 atom stereocenters. The number of nitrogens with zero attached hydrogens (tertiary/aromatic N) is 1. The third-order valence-electron chi connectivity index (χ3n) is 1.56. The van der Waals surface area contributed by atoms with Crippen LogP contribution in [0, 0.1) is 0 Å². The maximum Gasteiger partial charge on any atom is 0.327 e. The Bertz CT molecular complexity index is 143. The van der Waals surface area contributed by atoms with Crippen molar-refractivity contribution in [3.05, 3.63) is 12.7 Å². The maximum absolute atomic E-state index is 9.25. The van der Waals surface area contributed by atoms with Crippen molar-refractivity contribution in [2.45, 2.75) is 26.9 Å². The molecular formula is C9H20N2O2. The fourth-order valence-electron chi connectivity index (χ4n) is 0.800. The summed E-state index contributed by atoms with van der Waals surface area (Å²) in [5, 5.41) is 7.60. The molecule has 0 bridgehead atoms. The Labute approximate surface area is 80.0 Å². The standard InChI is InChI=1S/C6H16N2.C3H4O2/c1-4-8(5-2)6(3)7;1-2-3(4)5/h6H,4-5,7H2,1-3H3;2H,1H2,(H,4,5). The van der Waals surface area contributed by atoms with Crippen molar-refractivity contribution in [2.24, 2.45) is 5.73 Å². The largest absolute Gasteiger partial charge is 0.478 e. The highest BCUT2D eigenvalue weighted by Gasteiger charge is 2.01. The summed E-state index contributed by atoms with van der Waals surface area (Å²) in [6.45, 7) is 11.3. The molecular weight excluding hydrogens is 168 g/mol. The molecule has 0 aromatic heterocycles. The molecule has 4 heteroatoms. The molecule has 0 aliphatic carbocycles. The lowest BCUT2D eigenvalue weighted by molar-refractivity contribution is -0.131. The Hall–Kier alpha value is -0.870. The van der Waals surface area contributed by atoms with Gasteiger partial charge in [0.05, 0.1) is 6.17 Å². The van der Waals surface area contributed by atoms with E-state index in [0.717, 1.165) is 19.2 Å². The van der Waals surface area contributed by atoms with Gasteiger partial charge in [-0.05, 0) is 20.0 Å². The van der Waals surface area contributed by atoms with E-state index in [1.807, 2.05) is 6.92 Å². The van der Waals surface area contributed by atoms with Gasteiger partial charge in [-0.3, -0.25) is 4.90 Å². The van der Waals surface area contributed by atoms with Gasteiger partial charge in [-0.1, -0.05) is 20.4 Å². The predicted octanol–water partition coefficient (Wildman–Crippen LogP) is 0.890. The van der Waals surface area contributed by atoms with Crippen molar-refractivity contribution in [3.63, 3.8) is 0 Å². The van der Waals surface area contributed by atoms with Gasteiger partial charge in [0, 0.05) is 6.08 Å². The zero-order chi connectivity index (χ0) is 10.9. The van der Waals surface area contributed by atoms with Crippen LogP contribution in [0.2, 0.25) is 0 Å². The van der Waals surface area contributed by atoms with Crippen molar-refractivity contribution < 1.29 is 9.90 Å². The fraction of sp³-hybridized carbons (Fsp3) is 0.667. The van der Waals surface area contributed by atoms with E-state index in [2.05, 4.69) is 25.3 Å². The number of rotatable bonds is 4. The first-order valence-corrected chi connectivity index (χ1v) is 4.34. The molecule has 0 fully saturated rings. The monoisotopic (exact) mass is 188 g/mol. The van der Waals surface area contributed by atoms with E-state index in [9.17, 15) is 4.79 Å². The second-order valence-electron chi connectivity index (χ2n) is 2.50. The molecule has 0 aromatic carbocycles. The molecule has 1 unspecified atom stereocenters. The molecule has 0 radical (unpaired) electrons. The highest BCUT2D eigenvalue weighted by molar-refractivity contribution is 5.78. The van der Waals surface area contributed by atoms with Gasteiger partial charge >= 0.3 is 5.97 Å². The minimum atomic E-state index is -0.981. The van der Waals surface area contributed by atoms with E-state index < -0.39 is 5.97 Å². The zero-order valence-corrected chi connectivity index (χ0v) is 8.66. The highest BCUT2D eigenvalue weighted by Crippen LogP contribution is 1.88. The molecule has 78 valence electrons. The molecule has 0 heterocycles. The molecule has 3 N–H and O–H groups in total. The second kappa shape index (κ2) is 9.22. The Morgan fingerprint density at radius 2 is 1.92 bits per heavy atom. The molecule has 13 heavy (non-hydrogen) atoms. The summed E-state index contributed by atoms with van der Waals surface area (Å²) < 4.78 is 0. The minimum Gasteiger partial charge on any atom is -0.478 e. The van der Waals surface area contributed by atoms with Crippen LogP contribution in [0.1, 0.15) is 20.8 Å². The first-order valence-electron chi connectivity index (χ1n) is 4.34. The molecule has 4 nitrogen and oxygen atoms in total. The lowest BCUT2D eigenvalue weighted by Crippen LogP contribution is -2.39. The second-order valence-corrected chi connectivity index (χ2v) is 2.50. The van der Waals surface area contributed by atoms with Gasteiger partial charge in [0.2, 0.25) is 0 Å². The molecule has 0 saturated carbocycles. The van der Waals surface area contributed by atoms with E-state index in [1.165, 1.54) is 0 Å². The van der Waals surface area contributed by atoms with Gasteiger partial charge in [0.1, 0.15) is 0 Å². The molecule has 0 saturated heterocycles. The predicted molar refractivity (Wildman–Crippen MR) is 54.4 cm³/mol. The number of nitrogens with two attached hydrogens (primary N) is 1. The van der Waals surface area contributed by atoms with E-state index in [0.29, 0.717) is 0 Å². The van der Waals surface area contributed by atoms with Crippen LogP contribution >= 0.6 is 0 Å². The first-order chi connectivity index (χ1) is 5.99. The van der Waals surface area contributed by atoms with Crippen LogP contribution < -0.4 is 5.73 Å². The summed E-state index contributed by atoms with van der Waals surface area (Å²) in [5.74, 6) is -0.981. The third-order valence-corrected chi connectivity index (χ3v) is 1.56. The summed E-state index contributed by atoms with van der Waals surface area (Å²) in [5.41, 5.74) is 5.58. The molecule has 0 aliphatic rings. The third kappa shape index (κ3) is 11.1. The van der Waals surface area contributed by atoms with E-state index >= 15 is 0 Å². The van der Waals surface area contributed by atoms with Crippen LogP contribution in [-0.4, -0.2) is 35.2 Å². The summed E-state index contributed by atoms with van der Waals surface area (Å²) in [6.07, 6.45) is 1.05. The van der Waals surface area contributed by atoms with Crippen LogP contribution in [0.4, 0.5) is 0 Å². The van der Waals surface area contributed by atoms with Gasteiger partial charge in [0.15, 0.2) is 0 Å². The number of carboxylic acids is 1. The average molecular weight is 188 g/mol. The summed E-state index contributed by atoms with van der Waals surface area (Å²) in [4.78, 5) is 11.4. The Balaban J connectivity index is 0. The SMILES string of the molecule is C=CC(=O)O.CCN(CC)C(C)N. The van der Waals surface area contributed by atoms with Crippen molar-refractivity contribution in [3.8, 4) is 0 Å². The van der Waals surface area contributed by atoms with Gasteiger partial charge in [-0.25, -0.2) is 4.79 Å². The Morgan fingerprint density at radius 1 is 1.62 bits per heavy atom. The Kier molecular flexibility index (Phi) is 10.4. The van der Waals surface area contributed by atoms with Crippen molar-refractivity contribution in [1.82, 2.24) is 4.90 Å². The van der Waals surface area contributed by atoms with Crippen molar-refractivity contribution in [1.29, 1.82) is 0 Å². The summed E-state index contributed by atoms with van der Waals surface area (Å²) in [6, 6.07) is 0. The van der Waals surface area contributed by atoms with E-state index in [-0.39, 0.29) is 6.17 Å². The number of hydrogen-bond donors (Lipinski definition) is 2. The lowest BCUT2D eigenvalue weighted by atomic mass is 10.4. The average Bonchev–Trinajstić information content (AvgIpc) is 2.07. The number of carboxylic acid groups (broad SMARTS) is 1. The van der Waals surface area contributed by atoms with Gasteiger partial charge < -0.3 is 10.8 Å². The fourth-order valence-corrected chi connectivity index (χ4v) is 0.800. The van der Waals surface area contributed by atoms with Crippen LogP contribution in [0.5, 0.6) is 0 Å². The maximum atomic E-state index is 9.25. The first kappa shape index (κ1) is 14.6.